The molecule has 2 unspecified atom stereocenters. The Balaban J connectivity index is 0.831. The molecule has 4 aliphatic heterocycles. The van der Waals surface area contributed by atoms with Gasteiger partial charge in [-0.3, -0.25) is 90.3 Å². The molecule has 54 heteroatoms. The van der Waals surface area contributed by atoms with Crippen LogP contribution in [0, 0.1) is 34.5 Å². The average molecular weight is 1990 g/mol. The highest BCUT2D eigenvalue weighted by molar-refractivity contribution is 8.07. The van der Waals surface area contributed by atoms with Crippen LogP contribution in [-0.2, 0) is 102 Å². The number of rotatable bonds is 38. The molecule has 0 spiro atoms. The Morgan fingerprint density at radius 1 is 0.515 bits per heavy atom. The van der Waals surface area contributed by atoms with Crippen molar-refractivity contribution in [3.05, 3.63) is 130 Å². The number of ether oxygens (including phenoxy) is 4. The maximum atomic E-state index is 17.8. The molecule has 4 aliphatic rings. The number of nitriles is 2. The lowest BCUT2D eigenvalue weighted by Gasteiger charge is -2.41. The molecule has 14 rings (SSSR count). The molecule has 8 N–H and O–H groups in total. The van der Waals surface area contributed by atoms with Crippen LogP contribution in [0.4, 0.5) is 32.3 Å². The Hall–Kier alpha value is -9.72. The molecule has 4 amide bonds. The van der Waals surface area contributed by atoms with E-state index in [4.69, 9.17) is 87.6 Å². The Labute approximate surface area is 776 Å². The second-order valence-corrected chi connectivity index (χ2v) is 51.6. The van der Waals surface area contributed by atoms with E-state index in [1.165, 1.54) is 30.9 Å². The van der Waals surface area contributed by atoms with Crippen molar-refractivity contribution >= 4 is 154 Å². The van der Waals surface area contributed by atoms with E-state index in [0.29, 0.717) is 11.1 Å². The van der Waals surface area contributed by atoms with Gasteiger partial charge >= 0.3 is 21.7 Å². The van der Waals surface area contributed by atoms with Gasteiger partial charge in [0, 0.05) is 23.0 Å². The monoisotopic (exact) mass is 1990 g/mol. The Kier molecular flexibility index (Phi) is 30.9. The fraction of sp³-hybridized carbons (Fsp3) is 0.525. The van der Waals surface area contributed by atoms with Gasteiger partial charge in [0.1, 0.15) is 73.7 Å². The molecule has 718 valence electrons. The number of nitrogens with zero attached hydrogens (tertiary/aromatic N) is 16. The number of hydrogen-bond donors (Lipinski definition) is 8. The van der Waals surface area contributed by atoms with E-state index in [9.17, 15) is 49.5 Å². The summed E-state index contributed by atoms with van der Waals surface area (Å²) in [6.45, 7) is 12.1. The van der Waals surface area contributed by atoms with Gasteiger partial charge in [0.15, 0.2) is 110 Å². The fourth-order valence-electron chi connectivity index (χ4n) is 14.2. The van der Waals surface area contributed by atoms with Crippen LogP contribution in [0.15, 0.2) is 108 Å². The number of H-pyrrole nitrogens is 2. The highest BCUT2D eigenvalue weighted by atomic mass is 32.5. The van der Waals surface area contributed by atoms with Gasteiger partial charge in [-0.05, 0) is 84.1 Å². The number of fused-ring (bicyclic) bond motifs is 4. The van der Waals surface area contributed by atoms with Gasteiger partial charge in [0.05, 0.1) is 89.9 Å². The molecule has 0 radical (unpaired) electrons. The summed E-state index contributed by atoms with van der Waals surface area (Å²) in [6, 6.07) is 20.4. The van der Waals surface area contributed by atoms with Crippen LogP contribution in [0.1, 0.15) is 128 Å². The molecule has 45 nitrogen and oxygen atoms in total. The topological polar surface area (TPSA) is 565 Å². The van der Waals surface area contributed by atoms with Crippen LogP contribution in [0.25, 0.3) is 44.7 Å². The molecular weight excluding hydrogens is 1890 g/mol. The molecule has 2 aromatic carbocycles. The summed E-state index contributed by atoms with van der Waals surface area (Å²) in [6.07, 6.45) is -21.3. The predicted octanol–water partition coefficient (Wildman–Crippen LogP) is 9.93. The predicted molar refractivity (Wildman–Crippen MR) is 488 cm³/mol. The maximum absolute atomic E-state index is 17.8. The van der Waals surface area contributed by atoms with Crippen molar-refractivity contribution in [1.29, 1.82) is 10.5 Å². The largest absolute Gasteiger partial charge is 0.408 e. The van der Waals surface area contributed by atoms with E-state index in [2.05, 4.69) is 81.1 Å². The summed E-state index contributed by atoms with van der Waals surface area (Å²) in [4.78, 5) is 131. The normalized spacial score (nSPS) is 24.6. The first kappa shape index (κ1) is 100. The average Bonchev–Trinajstić information content (AvgIpc) is 1.59. The lowest BCUT2D eigenvalue weighted by atomic mass is 10.1. The lowest BCUT2D eigenvalue weighted by Crippen LogP contribution is -2.50. The lowest BCUT2D eigenvalue weighted by molar-refractivity contribution is -0.119. The van der Waals surface area contributed by atoms with Crippen molar-refractivity contribution in [2.24, 2.45) is 11.8 Å². The first-order valence-electron chi connectivity index (χ1n) is 42.4. The van der Waals surface area contributed by atoms with E-state index in [-0.39, 0.29) is 81.0 Å². The number of aliphatic hydroxyl groups excluding tert-OH is 2. The molecule has 8 aromatic heterocycles. The molecule has 12 heterocycles. The van der Waals surface area contributed by atoms with Gasteiger partial charge in [-0.1, -0.05) is 106 Å². The number of halogens is 2. The number of carbonyl (C=O) groups excluding carboxylic acids is 4. The second-order valence-electron chi connectivity index (χ2n) is 35.2. The Morgan fingerprint density at radius 3 is 1.21 bits per heavy atom. The molecular formula is C80H101F2N22O23P3S2Si2. The summed E-state index contributed by atoms with van der Waals surface area (Å²) in [5.41, 5.74) is -2.13. The Bertz CT molecular complexity index is 5950. The molecule has 10 aromatic rings. The first-order valence-corrected chi connectivity index (χ1v) is 54.6. The molecule has 0 bridgehead atoms. The number of alkyl halides is 2. The number of anilines is 4. The summed E-state index contributed by atoms with van der Waals surface area (Å²) in [7, 11) is -11.0. The van der Waals surface area contributed by atoms with E-state index >= 15 is 13.3 Å². The molecule has 4 saturated heterocycles. The third kappa shape index (κ3) is 21.6. The van der Waals surface area contributed by atoms with Crippen LogP contribution >= 0.6 is 21.7 Å². The fourth-order valence-corrected chi connectivity index (χ4v) is 22.1. The van der Waals surface area contributed by atoms with Crippen molar-refractivity contribution < 1.29 is 107 Å². The minimum absolute atomic E-state index is 0.00696. The summed E-state index contributed by atoms with van der Waals surface area (Å²) in [5, 5.41) is 51.1. The summed E-state index contributed by atoms with van der Waals surface area (Å²) < 4.78 is 151. The van der Waals surface area contributed by atoms with E-state index in [0.717, 1.165) is 25.3 Å². The highest BCUT2D eigenvalue weighted by Gasteiger charge is 2.59. The zero-order valence-corrected chi connectivity index (χ0v) is 81.3. The summed E-state index contributed by atoms with van der Waals surface area (Å²) in [5.74, 6) is -4.15. The van der Waals surface area contributed by atoms with Crippen molar-refractivity contribution in [2.45, 2.75) is 217 Å². The van der Waals surface area contributed by atoms with Crippen molar-refractivity contribution in [3.8, 4) is 12.1 Å². The van der Waals surface area contributed by atoms with Crippen LogP contribution in [0.2, 0.25) is 36.3 Å². The number of hydrogen-bond acceptors (Lipinski definition) is 37. The van der Waals surface area contributed by atoms with E-state index in [1.807, 2.05) is 79.9 Å². The van der Waals surface area contributed by atoms with Crippen LogP contribution < -0.4 is 32.4 Å². The second kappa shape index (κ2) is 41.3. The SMILES string of the molecule is CC(C)C(=O)Nc1nc2c(ncn2[C@@H]2O[C@H](COP(=S)(OCCC#N)O[C@H]3[C@@H](F)[C@H](n4cnc5c(NC(=O)c6ccccc6)ncnc54)O[C@@H]3CO)[C@@H](O[Si](C)(C)C(C)(C)C)[C@H]2O[PH](=O)O[C@@H]2[C@H](O[Si](C)(C)C(C)(C)C)[C@@H](COP(=S)(OCCC#N)O[C@H]3[C@@H](F)[C@H](n4cnc5c(NC(=O)c6ccccc6)ncnc54)O[C@@H]3CO)O[C@H]2n2cnc3c(=O)[nH]c(NC(=O)C(C)C)nc32)c(=O)[nH]1. The van der Waals surface area contributed by atoms with Crippen LogP contribution in [0.3, 0.4) is 0 Å². The van der Waals surface area contributed by atoms with Crippen LogP contribution in [0.5, 0.6) is 0 Å². The van der Waals surface area contributed by atoms with Gasteiger partial charge in [-0.15, -0.1) is 0 Å². The molecule has 18 atom stereocenters. The third-order valence-electron chi connectivity index (χ3n) is 23.4. The highest BCUT2D eigenvalue weighted by Crippen LogP contribution is 2.59. The van der Waals surface area contributed by atoms with Gasteiger partial charge < -0.3 is 66.7 Å². The molecule has 0 aliphatic carbocycles. The first-order chi connectivity index (χ1) is 63.6. The third-order valence-corrected chi connectivity index (χ3v) is 38.0. The van der Waals surface area contributed by atoms with Gasteiger partial charge in [-0.2, -0.15) is 20.5 Å². The molecule has 134 heavy (non-hydrogen) atoms. The minimum atomic E-state index is -4.53. The van der Waals surface area contributed by atoms with Crippen molar-refractivity contribution in [1.82, 2.24) is 78.1 Å². The van der Waals surface area contributed by atoms with Gasteiger partial charge in [0.2, 0.25) is 23.7 Å². The van der Waals surface area contributed by atoms with E-state index < -0.39 is 233 Å². The van der Waals surface area contributed by atoms with Crippen molar-refractivity contribution in [2.75, 3.05) is 60.9 Å². The molecule has 0 saturated carbocycles. The zero-order chi connectivity index (χ0) is 96.4. The number of benzene rings is 2. The number of aromatic amines is 2. The molecule has 4 fully saturated rings. The van der Waals surface area contributed by atoms with Gasteiger partial charge in [-0.25, -0.2) is 48.7 Å². The van der Waals surface area contributed by atoms with Gasteiger partial charge in [0.25, 0.3) is 22.9 Å². The number of imidazole rings is 4. The number of nitrogens with one attached hydrogen (secondary N) is 6. The Morgan fingerprint density at radius 2 is 0.866 bits per heavy atom. The summed E-state index contributed by atoms with van der Waals surface area (Å²) >= 11 is 12.3. The quantitative estimate of drug-likeness (QED) is 0.0101. The van der Waals surface area contributed by atoms with Crippen LogP contribution in [-0.4, -0.2) is 242 Å². The van der Waals surface area contributed by atoms with Crippen molar-refractivity contribution in [3.63, 3.8) is 0 Å². The maximum Gasteiger partial charge on any atom is 0.327 e. The minimum Gasteiger partial charge on any atom is -0.408 e. The number of aromatic nitrogens is 16. The number of amides is 4. The number of aliphatic hydroxyl groups is 2. The zero-order valence-electron chi connectivity index (χ0n) is 74.9. The van der Waals surface area contributed by atoms with E-state index in [1.54, 1.807) is 88.4 Å². The number of carbonyl (C=O) groups is 4. The standard InChI is InChI=1S/C80H101F2N22O23P3S2Si2/c1-41(2)67(107)97-77-95-65-53(71(111)99-77)91-39-103(65)75-59(57(126-133(11,12)79(5,6)7)47(120-75)33-116-129(131,114-29-21-27-83)124-55-45(31-105)118-73(49(55)81)101-37-89-51-61(85-35-87-63(51)101)93-69(109)43-23-17-15-18-24-43)122-128(113)123-60-58(127-134(13,14)80(8,9)10)48(121-76(60)104-40-92-54-66(104)96-78(100-72(54)112)98-68(108)42(3)4)34-117-130(132,115-30-22-28-84)125-56-46(32-106)119-74(50(56)82)102-38-90-52-62(86-36-88-64(52)102)94-70(110)44-25-19-16-20-26-44/h15-20,23-26,35-42,45-50,55-60,73-76,105-106,128H,21-22,29-34H2,1-14H3,(H,85,87,93,109)(H,86,88,94,110)(H2,95,97,99,107,111)(H2,96,98,100,108,112)/t45-,46-,47-,48-,49-,50-,55-,56-,57-,58-,59-,60-,73-,74-,75-,76-,129?,130?/m1/s1. The smallest absolute Gasteiger partial charge is 0.327 e.